The van der Waals surface area contributed by atoms with Gasteiger partial charge in [-0.25, -0.2) is 0 Å². The fourth-order valence-electron chi connectivity index (χ4n) is 1.42. The highest BCUT2D eigenvalue weighted by Gasteiger charge is 2.73. The summed E-state index contributed by atoms with van der Waals surface area (Å²) in [5.74, 6) is -0.828. The Balaban J connectivity index is 2.88. The summed E-state index contributed by atoms with van der Waals surface area (Å²) in [5.41, 5.74) is -0.250. The Morgan fingerprint density at radius 3 is 1.90 bits per heavy atom. The van der Waals surface area contributed by atoms with Gasteiger partial charge in [0.25, 0.3) is 0 Å². The molecule has 10 heavy (non-hydrogen) atoms. The lowest BCUT2D eigenvalue weighted by atomic mass is 10.1. The Kier molecular flexibility index (Phi) is 1.31. The Bertz CT molecular complexity index is 188. The summed E-state index contributed by atoms with van der Waals surface area (Å²) >= 11 is 5.82. The molecule has 1 saturated carbocycles. The number of rotatable bonds is 1. The van der Waals surface area contributed by atoms with E-state index in [1.54, 1.807) is 0 Å². The number of alkyl halides is 1. The second-order valence-electron chi connectivity index (χ2n) is 3.46. The first-order chi connectivity index (χ1) is 4.35. The van der Waals surface area contributed by atoms with Crippen molar-refractivity contribution in [2.45, 2.75) is 25.6 Å². The molecule has 1 N–H and O–H groups in total. The number of carbonyl (C=O) groups is 1. The summed E-state index contributed by atoms with van der Waals surface area (Å²) in [4.78, 5) is 9.57. The molecule has 0 bridgehead atoms. The molecule has 0 aromatic carbocycles. The average Bonchev–Trinajstić information content (AvgIpc) is 2.16. The van der Waals surface area contributed by atoms with Crippen LogP contribution in [0.15, 0.2) is 0 Å². The van der Waals surface area contributed by atoms with E-state index in [4.69, 9.17) is 16.7 Å². The van der Waals surface area contributed by atoms with Crippen molar-refractivity contribution in [2.75, 3.05) is 0 Å². The zero-order valence-electron chi connectivity index (χ0n) is 6.31. The SMILES string of the molecule is CC1C(C)(C)[C@@]1(Cl)C(=O)O. The molecule has 1 unspecified atom stereocenters. The van der Waals surface area contributed by atoms with Crippen LogP contribution in [-0.4, -0.2) is 16.0 Å². The lowest BCUT2D eigenvalue weighted by Gasteiger charge is -2.04. The Morgan fingerprint density at radius 2 is 1.90 bits per heavy atom. The van der Waals surface area contributed by atoms with Crippen LogP contribution in [0.2, 0.25) is 0 Å². The fourth-order valence-corrected chi connectivity index (χ4v) is 1.80. The van der Waals surface area contributed by atoms with Gasteiger partial charge in [0.15, 0.2) is 0 Å². The lowest BCUT2D eigenvalue weighted by molar-refractivity contribution is -0.138. The molecule has 3 heteroatoms. The van der Waals surface area contributed by atoms with Gasteiger partial charge in [0.1, 0.15) is 4.87 Å². The molecule has 0 spiro atoms. The maximum absolute atomic E-state index is 10.6. The maximum Gasteiger partial charge on any atom is 0.325 e. The molecule has 1 fully saturated rings. The molecule has 0 amide bonds. The molecule has 0 aromatic heterocycles. The van der Waals surface area contributed by atoms with Crippen LogP contribution in [0, 0.1) is 11.3 Å². The maximum atomic E-state index is 10.6. The van der Waals surface area contributed by atoms with Crippen LogP contribution in [0.5, 0.6) is 0 Å². The molecule has 2 nitrogen and oxygen atoms in total. The third-order valence-corrected chi connectivity index (χ3v) is 3.82. The van der Waals surface area contributed by atoms with Gasteiger partial charge in [-0.1, -0.05) is 20.8 Å². The first-order valence-corrected chi connectivity index (χ1v) is 3.65. The normalized spacial score (nSPS) is 43.0. The van der Waals surface area contributed by atoms with Crippen molar-refractivity contribution >= 4 is 17.6 Å². The van der Waals surface area contributed by atoms with Gasteiger partial charge in [0.2, 0.25) is 0 Å². The van der Waals surface area contributed by atoms with Crippen molar-refractivity contribution in [2.24, 2.45) is 11.3 Å². The monoisotopic (exact) mass is 162 g/mol. The molecule has 1 aliphatic rings. The fraction of sp³-hybridized carbons (Fsp3) is 0.857. The van der Waals surface area contributed by atoms with Gasteiger partial charge in [0.05, 0.1) is 0 Å². The van der Waals surface area contributed by atoms with E-state index in [1.165, 1.54) is 0 Å². The highest BCUT2D eigenvalue weighted by molar-refractivity contribution is 6.37. The van der Waals surface area contributed by atoms with E-state index >= 15 is 0 Å². The summed E-state index contributed by atoms with van der Waals surface area (Å²) in [6.07, 6.45) is 0. The van der Waals surface area contributed by atoms with E-state index < -0.39 is 10.8 Å². The van der Waals surface area contributed by atoms with E-state index in [1.807, 2.05) is 20.8 Å². The Morgan fingerprint density at radius 1 is 1.60 bits per heavy atom. The first kappa shape index (κ1) is 7.86. The van der Waals surface area contributed by atoms with Gasteiger partial charge in [0, 0.05) is 0 Å². The molecule has 1 aliphatic carbocycles. The first-order valence-electron chi connectivity index (χ1n) is 3.27. The smallest absolute Gasteiger partial charge is 0.325 e. The second-order valence-corrected chi connectivity index (χ2v) is 4.06. The molecule has 0 aromatic rings. The van der Waals surface area contributed by atoms with Crippen LogP contribution in [0.4, 0.5) is 0 Å². The van der Waals surface area contributed by atoms with Gasteiger partial charge in [-0.2, -0.15) is 0 Å². The summed E-state index contributed by atoms with van der Waals surface area (Å²) in [5, 5.41) is 8.69. The van der Waals surface area contributed by atoms with Gasteiger partial charge >= 0.3 is 5.97 Å². The summed E-state index contributed by atoms with van der Waals surface area (Å²) in [6, 6.07) is 0. The Labute approximate surface area is 65.2 Å². The molecular weight excluding hydrogens is 152 g/mol. The topological polar surface area (TPSA) is 37.3 Å². The molecule has 0 radical (unpaired) electrons. The largest absolute Gasteiger partial charge is 0.480 e. The predicted molar refractivity (Wildman–Crippen MR) is 39.2 cm³/mol. The number of halogens is 1. The van der Waals surface area contributed by atoms with Crippen molar-refractivity contribution in [3.63, 3.8) is 0 Å². The molecular formula is C7H11ClO2. The van der Waals surface area contributed by atoms with E-state index in [0.717, 1.165) is 0 Å². The van der Waals surface area contributed by atoms with Crippen LogP contribution in [0.25, 0.3) is 0 Å². The number of carboxylic acids is 1. The third-order valence-electron chi connectivity index (χ3n) is 2.84. The molecule has 2 atom stereocenters. The number of carboxylic acid groups (broad SMARTS) is 1. The Hall–Kier alpha value is -0.240. The van der Waals surface area contributed by atoms with Crippen LogP contribution >= 0.6 is 11.6 Å². The predicted octanol–water partition coefficient (Wildman–Crippen LogP) is 1.72. The van der Waals surface area contributed by atoms with Gasteiger partial charge < -0.3 is 5.11 Å². The van der Waals surface area contributed by atoms with E-state index in [2.05, 4.69) is 0 Å². The molecule has 1 rings (SSSR count). The number of hydrogen-bond donors (Lipinski definition) is 1. The zero-order valence-corrected chi connectivity index (χ0v) is 7.07. The lowest BCUT2D eigenvalue weighted by Crippen LogP contribution is -2.21. The minimum atomic E-state index is -1.01. The quantitative estimate of drug-likeness (QED) is 0.597. The van der Waals surface area contributed by atoms with Gasteiger partial charge in [-0.15, -0.1) is 11.6 Å². The number of hydrogen-bond acceptors (Lipinski definition) is 1. The van der Waals surface area contributed by atoms with E-state index in [9.17, 15) is 4.79 Å². The van der Waals surface area contributed by atoms with E-state index in [-0.39, 0.29) is 11.3 Å². The highest BCUT2D eigenvalue weighted by Crippen LogP contribution is 2.65. The third kappa shape index (κ3) is 0.578. The van der Waals surface area contributed by atoms with Crippen molar-refractivity contribution in [1.29, 1.82) is 0 Å². The van der Waals surface area contributed by atoms with E-state index in [0.29, 0.717) is 0 Å². The summed E-state index contributed by atoms with van der Waals surface area (Å²) in [6.45, 7) is 5.61. The standard InChI is InChI=1S/C7H11ClO2/c1-4-6(2,3)7(4,8)5(9)10/h4H,1-3H3,(H,9,10)/t4?,7-/m0/s1. The van der Waals surface area contributed by atoms with Crippen molar-refractivity contribution < 1.29 is 9.90 Å². The van der Waals surface area contributed by atoms with Crippen molar-refractivity contribution in [3.05, 3.63) is 0 Å². The molecule has 0 heterocycles. The van der Waals surface area contributed by atoms with Crippen LogP contribution in [0.3, 0.4) is 0 Å². The van der Waals surface area contributed by atoms with Crippen LogP contribution < -0.4 is 0 Å². The van der Waals surface area contributed by atoms with Crippen LogP contribution in [-0.2, 0) is 4.79 Å². The van der Waals surface area contributed by atoms with Crippen molar-refractivity contribution in [3.8, 4) is 0 Å². The second kappa shape index (κ2) is 1.67. The van der Waals surface area contributed by atoms with Crippen molar-refractivity contribution in [1.82, 2.24) is 0 Å². The molecule has 0 saturated heterocycles. The minimum Gasteiger partial charge on any atom is -0.480 e. The average molecular weight is 163 g/mol. The summed E-state index contributed by atoms with van der Waals surface area (Å²) in [7, 11) is 0. The molecule has 0 aliphatic heterocycles. The van der Waals surface area contributed by atoms with Crippen LogP contribution in [0.1, 0.15) is 20.8 Å². The summed E-state index contributed by atoms with van der Waals surface area (Å²) < 4.78 is 0. The molecule has 58 valence electrons. The van der Waals surface area contributed by atoms with Gasteiger partial charge in [-0.05, 0) is 11.3 Å². The highest BCUT2D eigenvalue weighted by atomic mass is 35.5. The zero-order chi connectivity index (χ0) is 8.15. The van der Waals surface area contributed by atoms with Gasteiger partial charge in [-0.3, -0.25) is 4.79 Å². The number of aliphatic carboxylic acids is 1. The minimum absolute atomic E-state index is 0.0687.